The van der Waals surface area contributed by atoms with Gasteiger partial charge in [-0.05, 0) is 25.4 Å². The molecule has 2 rings (SSSR count). The Balaban J connectivity index is 1.86. The summed E-state index contributed by atoms with van der Waals surface area (Å²) in [6, 6.07) is 0.254. The number of piperidine rings is 1. The first-order valence-electron chi connectivity index (χ1n) is 6.33. The molecule has 5 heteroatoms. The predicted octanol–water partition coefficient (Wildman–Crippen LogP) is -0.421. The van der Waals surface area contributed by atoms with Gasteiger partial charge in [-0.25, -0.2) is 0 Å². The highest BCUT2D eigenvalue weighted by Crippen LogP contribution is 2.18. The monoisotopic (exact) mass is 239 g/mol. The highest BCUT2D eigenvalue weighted by atomic mass is 16.2. The van der Waals surface area contributed by atoms with Crippen LogP contribution < -0.4 is 10.6 Å². The summed E-state index contributed by atoms with van der Waals surface area (Å²) in [5, 5.41) is 6.40. The Hall–Kier alpha value is -1.10. The van der Waals surface area contributed by atoms with Gasteiger partial charge in [0.15, 0.2) is 0 Å². The van der Waals surface area contributed by atoms with Gasteiger partial charge in [-0.3, -0.25) is 9.59 Å². The van der Waals surface area contributed by atoms with E-state index in [-0.39, 0.29) is 23.8 Å². The summed E-state index contributed by atoms with van der Waals surface area (Å²) in [6.45, 7) is 4.61. The maximum atomic E-state index is 12.0. The number of amides is 2. The number of nitrogens with zero attached hydrogens (tertiary/aromatic N) is 1. The molecule has 0 aromatic rings. The van der Waals surface area contributed by atoms with E-state index in [4.69, 9.17) is 0 Å². The fourth-order valence-electron chi connectivity index (χ4n) is 2.57. The van der Waals surface area contributed by atoms with Crippen LogP contribution in [0.15, 0.2) is 0 Å². The van der Waals surface area contributed by atoms with Crippen LogP contribution in [-0.2, 0) is 9.59 Å². The number of likely N-dealkylation sites (tertiary alicyclic amines) is 1. The molecule has 2 saturated heterocycles. The zero-order valence-electron chi connectivity index (χ0n) is 10.5. The minimum atomic E-state index is -0.158. The summed E-state index contributed by atoms with van der Waals surface area (Å²) in [5.41, 5.74) is 0. The summed E-state index contributed by atoms with van der Waals surface area (Å²) >= 11 is 0. The van der Waals surface area contributed by atoms with Gasteiger partial charge in [-0.1, -0.05) is 6.92 Å². The molecule has 5 nitrogen and oxygen atoms in total. The van der Waals surface area contributed by atoms with E-state index in [2.05, 4.69) is 17.6 Å². The van der Waals surface area contributed by atoms with Gasteiger partial charge in [-0.15, -0.1) is 0 Å². The number of carbonyl (C=O) groups is 2. The Bertz CT molecular complexity index is 319. The molecule has 17 heavy (non-hydrogen) atoms. The minimum Gasteiger partial charge on any atom is -0.353 e. The second kappa shape index (κ2) is 5.04. The van der Waals surface area contributed by atoms with E-state index >= 15 is 0 Å². The lowest BCUT2D eigenvalue weighted by molar-refractivity contribution is -0.128. The first kappa shape index (κ1) is 12.4. The molecule has 0 radical (unpaired) electrons. The average molecular weight is 239 g/mol. The fourth-order valence-corrected chi connectivity index (χ4v) is 2.57. The van der Waals surface area contributed by atoms with Gasteiger partial charge in [0, 0.05) is 26.1 Å². The quantitative estimate of drug-likeness (QED) is 0.688. The minimum absolute atomic E-state index is 0.0430. The molecule has 0 aromatic carbocycles. The molecular formula is C12H21N3O2. The Kier molecular flexibility index (Phi) is 3.66. The van der Waals surface area contributed by atoms with Crippen molar-refractivity contribution in [2.45, 2.75) is 25.8 Å². The second-order valence-corrected chi connectivity index (χ2v) is 5.26. The molecule has 3 unspecified atom stereocenters. The predicted molar refractivity (Wildman–Crippen MR) is 64.3 cm³/mol. The molecule has 0 saturated carbocycles. The smallest absolute Gasteiger partial charge is 0.225 e. The van der Waals surface area contributed by atoms with E-state index in [0.717, 1.165) is 19.5 Å². The van der Waals surface area contributed by atoms with Crippen molar-refractivity contribution >= 4 is 11.8 Å². The summed E-state index contributed by atoms with van der Waals surface area (Å²) in [5.74, 6) is 0.419. The van der Waals surface area contributed by atoms with Crippen molar-refractivity contribution in [1.29, 1.82) is 0 Å². The number of carbonyl (C=O) groups excluding carboxylic acids is 2. The zero-order valence-corrected chi connectivity index (χ0v) is 10.5. The van der Waals surface area contributed by atoms with Gasteiger partial charge >= 0.3 is 0 Å². The average Bonchev–Trinajstić information content (AvgIpc) is 2.63. The summed E-state index contributed by atoms with van der Waals surface area (Å²) in [4.78, 5) is 25.1. The first-order valence-corrected chi connectivity index (χ1v) is 6.33. The van der Waals surface area contributed by atoms with Gasteiger partial charge in [0.25, 0.3) is 0 Å². The normalized spacial score (nSPS) is 33.9. The van der Waals surface area contributed by atoms with Crippen molar-refractivity contribution in [2.24, 2.45) is 11.8 Å². The van der Waals surface area contributed by atoms with Gasteiger partial charge in [0.1, 0.15) is 0 Å². The van der Waals surface area contributed by atoms with Crippen LogP contribution in [0.25, 0.3) is 0 Å². The molecule has 0 spiro atoms. The zero-order chi connectivity index (χ0) is 12.4. The number of hydrogen-bond donors (Lipinski definition) is 2. The molecule has 3 atom stereocenters. The van der Waals surface area contributed by atoms with Crippen molar-refractivity contribution in [2.75, 3.05) is 26.7 Å². The largest absolute Gasteiger partial charge is 0.353 e. The summed E-state index contributed by atoms with van der Waals surface area (Å²) < 4.78 is 0. The number of hydrogen-bond acceptors (Lipinski definition) is 3. The summed E-state index contributed by atoms with van der Waals surface area (Å²) in [6.07, 6.45) is 1.34. The Morgan fingerprint density at radius 3 is 2.88 bits per heavy atom. The highest BCUT2D eigenvalue weighted by Gasteiger charge is 2.34. The molecule has 0 aliphatic carbocycles. The van der Waals surface area contributed by atoms with Crippen LogP contribution in [0, 0.1) is 11.8 Å². The molecule has 2 N–H and O–H groups in total. The molecule has 2 aliphatic heterocycles. The molecule has 2 amide bonds. The molecular weight excluding hydrogens is 218 g/mol. The van der Waals surface area contributed by atoms with E-state index in [1.165, 1.54) is 0 Å². The van der Waals surface area contributed by atoms with Crippen LogP contribution >= 0.6 is 0 Å². The third-order valence-electron chi connectivity index (χ3n) is 3.82. The topological polar surface area (TPSA) is 61.4 Å². The van der Waals surface area contributed by atoms with Gasteiger partial charge < -0.3 is 15.5 Å². The van der Waals surface area contributed by atoms with E-state index in [0.29, 0.717) is 18.9 Å². The van der Waals surface area contributed by atoms with Crippen LogP contribution in [0.3, 0.4) is 0 Å². The van der Waals surface area contributed by atoms with Gasteiger partial charge in [0.05, 0.1) is 5.92 Å². The Morgan fingerprint density at radius 1 is 1.53 bits per heavy atom. The molecule has 0 bridgehead atoms. The van der Waals surface area contributed by atoms with E-state index < -0.39 is 0 Å². The van der Waals surface area contributed by atoms with Crippen molar-refractivity contribution in [1.82, 2.24) is 15.5 Å². The lowest BCUT2D eigenvalue weighted by atomic mass is 9.94. The molecule has 2 aliphatic rings. The molecule has 96 valence electrons. The summed E-state index contributed by atoms with van der Waals surface area (Å²) in [7, 11) is 1.75. The van der Waals surface area contributed by atoms with Crippen molar-refractivity contribution < 1.29 is 9.59 Å². The van der Waals surface area contributed by atoms with E-state index in [9.17, 15) is 9.59 Å². The Morgan fingerprint density at radius 2 is 2.29 bits per heavy atom. The lowest BCUT2D eigenvalue weighted by Crippen LogP contribution is -2.50. The fraction of sp³-hybridized carbons (Fsp3) is 0.833. The Labute approximate surface area is 102 Å². The molecule has 0 aromatic heterocycles. The lowest BCUT2D eigenvalue weighted by Gasteiger charge is -2.31. The van der Waals surface area contributed by atoms with Crippen LogP contribution in [0.5, 0.6) is 0 Å². The van der Waals surface area contributed by atoms with E-state index in [1.54, 1.807) is 11.9 Å². The first-order chi connectivity index (χ1) is 8.08. The number of rotatable bonds is 2. The van der Waals surface area contributed by atoms with Crippen LogP contribution in [0.2, 0.25) is 0 Å². The van der Waals surface area contributed by atoms with Crippen LogP contribution in [0.1, 0.15) is 19.8 Å². The van der Waals surface area contributed by atoms with E-state index in [1.807, 2.05) is 0 Å². The molecule has 2 fully saturated rings. The maximum absolute atomic E-state index is 12.0. The third kappa shape index (κ3) is 2.77. The number of nitrogens with one attached hydrogen (secondary N) is 2. The third-order valence-corrected chi connectivity index (χ3v) is 3.82. The maximum Gasteiger partial charge on any atom is 0.225 e. The van der Waals surface area contributed by atoms with Crippen LogP contribution in [-0.4, -0.2) is 49.4 Å². The second-order valence-electron chi connectivity index (χ2n) is 5.26. The SMILES string of the molecule is CC1CNCCC1NC(=O)C1CC(=O)N(C)C1. The van der Waals surface area contributed by atoms with Crippen LogP contribution in [0.4, 0.5) is 0 Å². The standard InChI is InChI=1S/C12H21N3O2/c1-8-6-13-4-3-10(8)14-12(17)9-5-11(16)15(2)7-9/h8-10,13H,3-7H2,1-2H3,(H,14,17). The van der Waals surface area contributed by atoms with Crippen molar-refractivity contribution in [3.8, 4) is 0 Å². The van der Waals surface area contributed by atoms with Gasteiger partial charge in [-0.2, -0.15) is 0 Å². The highest BCUT2D eigenvalue weighted by molar-refractivity contribution is 5.89. The van der Waals surface area contributed by atoms with Crippen molar-refractivity contribution in [3.05, 3.63) is 0 Å². The van der Waals surface area contributed by atoms with Crippen molar-refractivity contribution in [3.63, 3.8) is 0 Å². The van der Waals surface area contributed by atoms with Gasteiger partial charge in [0.2, 0.25) is 11.8 Å². The molecule has 2 heterocycles.